The van der Waals surface area contributed by atoms with Crippen LogP contribution in [0.3, 0.4) is 0 Å². The molecule has 0 saturated carbocycles. The van der Waals surface area contributed by atoms with Gasteiger partial charge in [-0.15, -0.1) is 0 Å². The molecule has 1 heterocycles. The van der Waals surface area contributed by atoms with E-state index in [1.807, 2.05) is 31.3 Å². The van der Waals surface area contributed by atoms with Crippen LogP contribution in [0, 0.1) is 0 Å². The molecule has 3 rings (SSSR count). The fourth-order valence-corrected chi connectivity index (χ4v) is 3.76. The minimum atomic E-state index is 0.278. The molecule has 3 aromatic rings. The summed E-state index contributed by atoms with van der Waals surface area (Å²) in [6, 6.07) is 17.9. The lowest BCUT2D eigenvalue weighted by Gasteiger charge is -2.16. The molecule has 0 aliphatic rings. The summed E-state index contributed by atoms with van der Waals surface area (Å²) >= 11 is 1.71. The summed E-state index contributed by atoms with van der Waals surface area (Å²) in [4.78, 5) is 0. The highest BCUT2D eigenvalue weighted by Crippen LogP contribution is 2.36. The van der Waals surface area contributed by atoms with E-state index in [0.29, 0.717) is 6.61 Å². The van der Waals surface area contributed by atoms with Crippen molar-refractivity contribution in [1.82, 2.24) is 5.32 Å². The van der Waals surface area contributed by atoms with Gasteiger partial charge in [-0.2, -0.15) is 11.3 Å². The van der Waals surface area contributed by atoms with Gasteiger partial charge in [-0.1, -0.05) is 31.2 Å². The first-order valence-corrected chi connectivity index (χ1v) is 10.1. The molecule has 140 valence electrons. The maximum Gasteiger partial charge on any atom is 0.119 e. The molecule has 0 radical (unpaired) electrons. The highest BCUT2D eigenvalue weighted by molar-refractivity contribution is 7.08. The van der Waals surface area contributed by atoms with E-state index in [-0.39, 0.29) is 5.75 Å². The van der Waals surface area contributed by atoms with E-state index in [1.54, 1.807) is 23.5 Å². The molecule has 27 heavy (non-hydrogen) atoms. The second-order valence-electron chi connectivity index (χ2n) is 6.24. The highest BCUT2D eigenvalue weighted by atomic mass is 32.1. The van der Waals surface area contributed by atoms with Gasteiger partial charge in [0.05, 0.1) is 0 Å². The molecule has 0 bridgehead atoms. The average molecular weight is 380 g/mol. The molecule has 0 fully saturated rings. The molecule has 0 saturated heterocycles. The SMILES string of the molecule is CCC(=C(c1ccc(O)cc1)c1ccc(OCCNC)cc1)c1ccsc1. The van der Waals surface area contributed by atoms with Crippen LogP contribution in [0.15, 0.2) is 65.4 Å². The van der Waals surface area contributed by atoms with Gasteiger partial charge in [-0.3, -0.25) is 0 Å². The van der Waals surface area contributed by atoms with Crippen molar-refractivity contribution in [3.8, 4) is 11.5 Å². The molecule has 3 nitrogen and oxygen atoms in total. The van der Waals surface area contributed by atoms with Gasteiger partial charge in [0.2, 0.25) is 0 Å². The number of rotatable bonds is 8. The van der Waals surface area contributed by atoms with E-state index in [9.17, 15) is 5.11 Å². The zero-order valence-electron chi connectivity index (χ0n) is 15.7. The quantitative estimate of drug-likeness (QED) is 0.513. The lowest BCUT2D eigenvalue weighted by molar-refractivity contribution is 0.318. The number of aromatic hydroxyl groups is 1. The van der Waals surface area contributed by atoms with Crippen molar-refractivity contribution in [2.24, 2.45) is 0 Å². The van der Waals surface area contributed by atoms with Gasteiger partial charge in [0, 0.05) is 6.54 Å². The lowest BCUT2D eigenvalue weighted by atomic mass is 9.89. The molecule has 2 aromatic carbocycles. The summed E-state index contributed by atoms with van der Waals surface area (Å²) < 4.78 is 5.75. The van der Waals surface area contributed by atoms with Crippen LogP contribution >= 0.6 is 11.3 Å². The molecule has 0 aliphatic carbocycles. The zero-order chi connectivity index (χ0) is 19.1. The maximum atomic E-state index is 9.69. The first kappa shape index (κ1) is 19.2. The molecule has 0 atom stereocenters. The molecule has 0 aliphatic heterocycles. The Morgan fingerprint density at radius 3 is 2.19 bits per heavy atom. The number of hydrogen-bond donors (Lipinski definition) is 2. The fourth-order valence-electron chi connectivity index (χ4n) is 3.09. The number of phenolic OH excluding ortho intramolecular Hbond substituents is 1. The summed E-state index contributed by atoms with van der Waals surface area (Å²) in [6.07, 6.45) is 0.924. The van der Waals surface area contributed by atoms with E-state index in [4.69, 9.17) is 4.74 Å². The molecule has 0 unspecified atom stereocenters. The third kappa shape index (κ3) is 4.79. The van der Waals surface area contributed by atoms with Crippen molar-refractivity contribution < 1.29 is 9.84 Å². The average Bonchev–Trinajstić information content (AvgIpc) is 3.22. The molecule has 1 aromatic heterocycles. The summed E-state index contributed by atoms with van der Waals surface area (Å²) in [5, 5.41) is 17.1. The van der Waals surface area contributed by atoms with Crippen LogP contribution in [0.2, 0.25) is 0 Å². The molecule has 0 amide bonds. The standard InChI is InChI=1S/C23H25NO2S/c1-3-22(19-12-15-27-16-19)23(17-4-8-20(25)9-5-17)18-6-10-21(11-7-18)26-14-13-24-2/h4-12,15-16,24-25H,3,13-14H2,1-2H3. The second kappa shape index (κ2) is 9.40. The molecular weight excluding hydrogens is 354 g/mol. The van der Waals surface area contributed by atoms with Crippen LogP contribution in [-0.4, -0.2) is 25.3 Å². The predicted octanol–water partition coefficient (Wildman–Crippen LogP) is 5.42. The molecule has 0 spiro atoms. The third-order valence-electron chi connectivity index (χ3n) is 4.44. The van der Waals surface area contributed by atoms with Crippen LogP contribution in [0.25, 0.3) is 11.1 Å². The van der Waals surface area contributed by atoms with Crippen molar-refractivity contribution in [1.29, 1.82) is 0 Å². The summed E-state index contributed by atoms with van der Waals surface area (Å²) in [7, 11) is 1.91. The first-order chi connectivity index (χ1) is 13.2. The number of phenols is 1. The Bertz CT molecular complexity index is 866. The molecule has 4 heteroatoms. The van der Waals surface area contributed by atoms with E-state index in [0.717, 1.165) is 29.8 Å². The van der Waals surface area contributed by atoms with E-state index in [1.165, 1.54) is 16.7 Å². The fraction of sp³-hybridized carbons (Fsp3) is 0.217. The minimum Gasteiger partial charge on any atom is -0.508 e. The number of hydrogen-bond acceptors (Lipinski definition) is 4. The van der Waals surface area contributed by atoms with Gasteiger partial charge in [0.25, 0.3) is 0 Å². The lowest BCUT2D eigenvalue weighted by Crippen LogP contribution is -2.15. The van der Waals surface area contributed by atoms with E-state index >= 15 is 0 Å². The van der Waals surface area contributed by atoms with Crippen LogP contribution in [-0.2, 0) is 0 Å². The van der Waals surface area contributed by atoms with Crippen molar-refractivity contribution in [3.05, 3.63) is 82.0 Å². The van der Waals surface area contributed by atoms with Crippen molar-refractivity contribution in [2.45, 2.75) is 13.3 Å². The Labute approximate surface area is 165 Å². The van der Waals surface area contributed by atoms with Gasteiger partial charge < -0.3 is 15.2 Å². The topological polar surface area (TPSA) is 41.5 Å². The van der Waals surface area contributed by atoms with Gasteiger partial charge >= 0.3 is 0 Å². The zero-order valence-corrected chi connectivity index (χ0v) is 16.6. The Hall–Kier alpha value is -2.56. The number of benzene rings is 2. The van der Waals surface area contributed by atoms with Gasteiger partial charge in [0.1, 0.15) is 18.1 Å². The maximum absolute atomic E-state index is 9.69. The Morgan fingerprint density at radius 2 is 1.63 bits per heavy atom. The van der Waals surface area contributed by atoms with Gasteiger partial charge in [-0.05, 0) is 82.4 Å². The second-order valence-corrected chi connectivity index (χ2v) is 7.02. The normalized spacial score (nSPS) is 11.9. The number of thiophene rings is 1. The predicted molar refractivity (Wildman–Crippen MR) is 114 cm³/mol. The highest BCUT2D eigenvalue weighted by Gasteiger charge is 2.13. The van der Waals surface area contributed by atoms with Gasteiger partial charge in [-0.25, -0.2) is 0 Å². The third-order valence-corrected chi connectivity index (χ3v) is 5.13. The smallest absolute Gasteiger partial charge is 0.119 e. The Kier molecular flexibility index (Phi) is 6.69. The largest absolute Gasteiger partial charge is 0.508 e. The monoisotopic (exact) mass is 379 g/mol. The van der Waals surface area contributed by atoms with Crippen LogP contribution in [0.1, 0.15) is 30.0 Å². The van der Waals surface area contributed by atoms with Crippen molar-refractivity contribution >= 4 is 22.5 Å². The van der Waals surface area contributed by atoms with E-state index in [2.05, 4.69) is 41.2 Å². The summed E-state index contributed by atoms with van der Waals surface area (Å²) in [5.41, 5.74) is 5.98. The van der Waals surface area contributed by atoms with E-state index < -0.39 is 0 Å². The van der Waals surface area contributed by atoms with Crippen LogP contribution in [0.5, 0.6) is 11.5 Å². The molecular formula is C23H25NO2S. The minimum absolute atomic E-state index is 0.278. The van der Waals surface area contributed by atoms with Gasteiger partial charge in [0.15, 0.2) is 0 Å². The van der Waals surface area contributed by atoms with Crippen molar-refractivity contribution in [3.63, 3.8) is 0 Å². The Balaban J connectivity index is 2.03. The number of likely N-dealkylation sites (N-methyl/N-ethyl adjacent to an activating group) is 1. The van der Waals surface area contributed by atoms with Crippen LogP contribution < -0.4 is 10.1 Å². The number of nitrogens with one attached hydrogen (secondary N) is 1. The molecule has 2 N–H and O–H groups in total. The Morgan fingerprint density at radius 1 is 0.963 bits per heavy atom. The van der Waals surface area contributed by atoms with Crippen molar-refractivity contribution in [2.75, 3.05) is 20.2 Å². The summed E-state index contributed by atoms with van der Waals surface area (Å²) in [5.74, 6) is 1.15. The number of ether oxygens (including phenoxy) is 1. The number of allylic oxidation sites excluding steroid dienone is 1. The summed E-state index contributed by atoms with van der Waals surface area (Å²) in [6.45, 7) is 3.65. The van der Waals surface area contributed by atoms with Crippen LogP contribution in [0.4, 0.5) is 0 Å². The first-order valence-electron chi connectivity index (χ1n) is 9.16.